The maximum Gasteiger partial charge on any atom is 0.0652 e. The molecule has 1 atom stereocenters. The summed E-state index contributed by atoms with van der Waals surface area (Å²) in [7, 11) is 0. The van der Waals surface area contributed by atoms with E-state index in [-0.39, 0.29) is 12.6 Å². The van der Waals surface area contributed by atoms with Crippen LogP contribution in [0.1, 0.15) is 21.4 Å². The number of hydrogen-bond acceptors (Lipinski definition) is 3. The van der Waals surface area contributed by atoms with Crippen molar-refractivity contribution < 1.29 is 5.11 Å². The minimum absolute atomic E-state index is 0.0360. The van der Waals surface area contributed by atoms with Crippen molar-refractivity contribution in [2.24, 2.45) is 0 Å². The van der Waals surface area contributed by atoms with Gasteiger partial charge < -0.3 is 10.4 Å². The van der Waals surface area contributed by atoms with E-state index in [1.807, 2.05) is 18.2 Å². The second kappa shape index (κ2) is 5.96. The molecule has 2 nitrogen and oxygen atoms in total. The molecular weight excluding hydrogens is 230 g/mol. The first-order valence-corrected chi connectivity index (χ1v) is 6.56. The first kappa shape index (κ1) is 12.3. The lowest BCUT2D eigenvalue weighted by Gasteiger charge is -2.14. The molecule has 90 valence electrons. The van der Waals surface area contributed by atoms with Gasteiger partial charge in [0, 0.05) is 16.3 Å². The average Bonchev–Trinajstić information content (AvgIpc) is 2.78. The van der Waals surface area contributed by atoms with Crippen LogP contribution in [0.25, 0.3) is 0 Å². The van der Waals surface area contributed by atoms with Gasteiger partial charge in [0.05, 0.1) is 12.6 Å². The van der Waals surface area contributed by atoms with Crippen molar-refractivity contribution >= 4 is 11.3 Å². The second-order valence-corrected chi connectivity index (χ2v) is 5.37. The summed E-state index contributed by atoms with van der Waals surface area (Å²) in [5.74, 6) is 0. The standard InChI is InChI=1S/C14H17NOS/c1-11-7-8-14(17-11)13(10-16)15-9-12-5-3-2-4-6-12/h2-8,13,15-16H,9-10H2,1H3. The van der Waals surface area contributed by atoms with Crippen molar-refractivity contribution in [3.63, 3.8) is 0 Å². The first-order chi connectivity index (χ1) is 8.29. The maximum absolute atomic E-state index is 9.41. The fourth-order valence-electron chi connectivity index (χ4n) is 1.73. The molecule has 0 spiro atoms. The molecule has 1 unspecified atom stereocenters. The van der Waals surface area contributed by atoms with E-state index in [2.05, 4.69) is 36.5 Å². The van der Waals surface area contributed by atoms with Gasteiger partial charge in [0.15, 0.2) is 0 Å². The lowest BCUT2D eigenvalue weighted by Crippen LogP contribution is -2.23. The van der Waals surface area contributed by atoms with Crippen LogP contribution in [0.15, 0.2) is 42.5 Å². The van der Waals surface area contributed by atoms with Crippen LogP contribution in [0, 0.1) is 6.92 Å². The number of rotatable bonds is 5. The number of benzene rings is 1. The van der Waals surface area contributed by atoms with Crippen LogP contribution in [0.2, 0.25) is 0 Å². The molecule has 0 aliphatic carbocycles. The Hall–Kier alpha value is -1.16. The van der Waals surface area contributed by atoms with E-state index in [4.69, 9.17) is 0 Å². The van der Waals surface area contributed by atoms with Crippen LogP contribution in [0.3, 0.4) is 0 Å². The van der Waals surface area contributed by atoms with Gasteiger partial charge in [-0.1, -0.05) is 30.3 Å². The zero-order chi connectivity index (χ0) is 12.1. The number of aliphatic hydroxyl groups is 1. The van der Waals surface area contributed by atoms with E-state index in [9.17, 15) is 5.11 Å². The monoisotopic (exact) mass is 247 g/mol. The van der Waals surface area contributed by atoms with E-state index >= 15 is 0 Å². The van der Waals surface area contributed by atoms with E-state index in [1.54, 1.807) is 11.3 Å². The number of thiophene rings is 1. The molecule has 0 fully saturated rings. The predicted octanol–water partition coefficient (Wildman–Crippen LogP) is 2.88. The number of hydrogen-bond donors (Lipinski definition) is 2. The molecule has 17 heavy (non-hydrogen) atoms. The molecule has 0 amide bonds. The normalized spacial score (nSPS) is 12.6. The highest BCUT2D eigenvalue weighted by atomic mass is 32.1. The summed E-state index contributed by atoms with van der Waals surface area (Å²) in [6.45, 7) is 3.00. The molecule has 1 aromatic carbocycles. The quantitative estimate of drug-likeness (QED) is 0.851. The van der Waals surface area contributed by atoms with Crippen molar-refractivity contribution in [2.45, 2.75) is 19.5 Å². The highest BCUT2D eigenvalue weighted by Gasteiger charge is 2.11. The van der Waals surface area contributed by atoms with E-state index in [1.165, 1.54) is 15.3 Å². The van der Waals surface area contributed by atoms with Crippen molar-refractivity contribution in [3.05, 3.63) is 57.8 Å². The first-order valence-electron chi connectivity index (χ1n) is 5.74. The molecule has 2 rings (SSSR count). The van der Waals surface area contributed by atoms with Crippen molar-refractivity contribution in [2.75, 3.05) is 6.61 Å². The average molecular weight is 247 g/mol. The highest BCUT2D eigenvalue weighted by molar-refractivity contribution is 7.12. The van der Waals surface area contributed by atoms with Gasteiger partial charge in [0.2, 0.25) is 0 Å². The van der Waals surface area contributed by atoms with Crippen molar-refractivity contribution in [3.8, 4) is 0 Å². The van der Waals surface area contributed by atoms with Gasteiger partial charge in [0.25, 0.3) is 0 Å². The largest absolute Gasteiger partial charge is 0.394 e. The molecule has 0 bridgehead atoms. The van der Waals surface area contributed by atoms with E-state index in [0.717, 1.165) is 6.54 Å². The van der Waals surface area contributed by atoms with Gasteiger partial charge in [0.1, 0.15) is 0 Å². The zero-order valence-corrected chi connectivity index (χ0v) is 10.7. The summed E-state index contributed by atoms with van der Waals surface area (Å²) in [5.41, 5.74) is 1.24. The molecule has 0 saturated carbocycles. The number of aryl methyl sites for hydroxylation is 1. The molecule has 2 N–H and O–H groups in total. The van der Waals surface area contributed by atoms with Gasteiger partial charge in [-0.3, -0.25) is 0 Å². The zero-order valence-electron chi connectivity index (χ0n) is 9.89. The van der Waals surface area contributed by atoms with Gasteiger partial charge in [-0.25, -0.2) is 0 Å². The molecule has 0 aliphatic heterocycles. The molecule has 0 saturated heterocycles. The Balaban J connectivity index is 1.97. The smallest absolute Gasteiger partial charge is 0.0652 e. The Morgan fingerprint density at radius 3 is 2.53 bits per heavy atom. The van der Waals surface area contributed by atoms with Crippen LogP contribution in [-0.4, -0.2) is 11.7 Å². The number of aliphatic hydroxyl groups excluding tert-OH is 1. The summed E-state index contributed by atoms with van der Waals surface area (Å²) in [4.78, 5) is 2.47. The van der Waals surface area contributed by atoms with Crippen LogP contribution < -0.4 is 5.32 Å². The van der Waals surface area contributed by atoms with Crippen LogP contribution in [0.5, 0.6) is 0 Å². The summed E-state index contributed by atoms with van der Waals surface area (Å²) >= 11 is 1.73. The highest BCUT2D eigenvalue weighted by Crippen LogP contribution is 2.22. The lowest BCUT2D eigenvalue weighted by atomic mass is 10.2. The fourth-order valence-corrected chi connectivity index (χ4v) is 2.68. The van der Waals surface area contributed by atoms with Crippen LogP contribution >= 0.6 is 11.3 Å². The third kappa shape index (κ3) is 3.40. The Morgan fingerprint density at radius 2 is 1.94 bits per heavy atom. The van der Waals surface area contributed by atoms with Crippen LogP contribution in [0.4, 0.5) is 0 Å². The second-order valence-electron chi connectivity index (χ2n) is 4.05. The molecule has 0 aliphatic rings. The number of nitrogens with one attached hydrogen (secondary N) is 1. The maximum atomic E-state index is 9.41. The summed E-state index contributed by atoms with van der Waals surface area (Å²) in [6.07, 6.45) is 0. The Labute approximate surface area is 106 Å². The van der Waals surface area contributed by atoms with Crippen LogP contribution in [-0.2, 0) is 6.54 Å². The van der Waals surface area contributed by atoms with E-state index in [0.29, 0.717) is 0 Å². The summed E-state index contributed by atoms with van der Waals surface area (Å²) < 4.78 is 0. The fraction of sp³-hybridized carbons (Fsp3) is 0.286. The molecule has 2 aromatic rings. The Kier molecular flexibility index (Phi) is 4.31. The third-order valence-electron chi connectivity index (χ3n) is 2.68. The van der Waals surface area contributed by atoms with Gasteiger partial charge >= 0.3 is 0 Å². The lowest BCUT2D eigenvalue weighted by molar-refractivity contribution is 0.245. The topological polar surface area (TPSA) is 32.3 Å². The molecule has 3 heteroatoms. The predicted molar refractivity (Wildman–Crippen MR) is 72.2 cm³/mol. The third-order valence-corrected chi connectivity index (χ3v) is 3.80. The minimum Gasteiger partial charge on any atom is -0.394 e. The summed E-state index contributed by atoms with van der Waals surface area (Å²) in [5, 5.41) is 12.8. The van der Waals surface area contributed by atoms with Gasteiger partial charge in [-0.2, -0.15) is 0 Å². The molecule has 1 heterocycles. The summed E-state index contributed by atoms with van der Waals surface area (Å²) in [6, 6.07) is 14.4. The molecule has 0 radical (unpaired) electrons. The minimum atomic E-state index is 0.0360. The van der Waals surface area contributed by atoms with Crippen molar-refractivity contribution in [1.29, 1.82) is 0 Å². The van der Waals surface area contributed by atoms with Gasteiger partial charge in [-0.15, -0.1) is 11.3 Å². The molecular formula is C14H17NOS. The van der Waals surface area contributed by atoms with Gasteiger partial charge in [-0.05, 0) is 24.6 Å². The molecule has 1 aromatic heterocycles. The SMILES string of the molecule is Cc1ccc(C(CO)NCc2ccccc2)s1. The van der Waals surface area contributed by atoms with E-state index < -0.39 is 0 Å². The Morgan fingerprint density at radius 1 is 1.18 bits per heavy atom. The van der Waals surface area contributed by atoms with Crippen molar-refractivity contribution in [1.82, 2.24) is 5.32 Å². The Bertz CT molecular complexity index is 452.